The summed E-state index contributed by atoms with van der Waals surface area (Å²) in [5, 5.41) is 0. The molecule has 0 bridgehead atoms. The maximum absolute atomic E-state index is 14.4. The van der Waals surface area contributed by atoms with E-state index in [2.05, 4.69) is 0 Å². The maximum atomic E-state index is 14.4. The van der Waals surface area contributed by atoms with Crippen molar-refractivity contribution in [1.82, 2.24) is 4.90 Å². The number of thioether (sulfide) groups is 1. The number of imide groups is 1. The number of rotatable bonds is 15. The first-order valence-corrected chi connectivity index (χ1v) is 22.3. The first-order chi connectivity index (χ1) is 30.5. The Morgan fingerprint density at radius 2 is 1.10 bits per heavy atom. The summed E-state index contributed by atoms with van der Waals surface area (Å²) in [6.45, 7) is 4.95. The summed E-state index contributed by atoms with van der Waals surface area (Å²) in [5.41, 5.74) is 3.70. The average Bonchev–Trinajstić information content (AvgIpc) is 3.56. The van der Waals surface area contributed by atoms with E-state index in [0.29, 0.717) is 23.5 Å². The maximum Gasteiger partial charge on any atom is 0.262 e. The molecule has 0 N–H and O–H groups in total. The molecule has 0 aromatic heterocycles. The lowest BCUT2D eigenvalue weighted by Gasteiger charge is -2.53. The fourth-order valence-electron chi connectivity index (χ4n) is 8.68. The van der Waals surface area contributed by atoms with Crippen LogP contribution in [0.15, 0.2) is 146 Å². The number of ether oxygens (including phenoxy) is 8. The zero-order valence-corrected chi connectivity index (χ0v) is 35.5. The molecular weight excluding hydrogens is 807 g/mol. The fraction of sp³-hybridized carbons (Fsp3) is 0.360. The Bertz CT molecular complexity index is 2200. The predicted molar refractivity (Wildman–Crippen MR) is 232 cm³/mol. The number of hydrogen-bond donors (Lipinski definition) is 0. The lowest BCUT2D eigenvalue weighted by molar-refractivity contribution is -0.365. The molecule has 0 radical (unpaired) electrons. The molecule has 12 heteroatoms. The van der Waals surface area contributed by atoms with Gasteiger partial charge in [0.2, 0.25) is 0 Å². The van der Waals surface area contributed by atoms with Crippen molar-refractivity contribution >= 4 is 23.6 Å². The van der Waals surface area contributed by atoms with Gasteiger partial charge in [-0.2, -0.15) is 0 Å². The highest BCUT2D eigenvalue weighted by molar-refractivity contribution is 7.99. The summed E-state index contributed by atoms with van der Waals surface area (Å²) < 4.78 is 54.7. The summed E-state index contributed by atoms with van der Waals surface area (Å²) >= 11 is 1.49. The topological polar surface area (TPSA) is 111 Å². The van der Waals surface area contributed by atoms with E-state index in [0.717, 1.165) is 22.3 Å². The molecule has 4 aliphatic rings. The molecule has 0 aliphatic carbocycles. The molecular formula is C50H51NO10S. The zero-order valence-electron chi connectivity index (χ0n) is 34.7. The van der Waals surface area contributed by atoms with E-state index in [9.17, 15) is 9.59 Å². The highest BCUT2D eigenvalue weighted by Gasteiger charge is 2.59. The van der Waals surface area contributed by atoms with Crippen molar-refractivity contribution in [2.75, 3.05) is 12.4 Å². The fourth-order valence-corrected chi connectivity index (χ4v) is 9.70. The zero-order chi connectivity index (χ0) is 42.4. The highest BCUT2D eigenvalue weighted by Crippen LogP contribution is 2.44. The molecule has 322 valence electrons. The van der Waals surface area contributed by atoms with Crippen LogP contribution in [0.2, 0.25) is 0 Å². The van der Waals surface area contributed by atoms with E-state index >= 15 is 0 Å². The third-order valence-electron chi connectivity index (χ3n) is 11.7. The second kappa shape index (κ2) is 19.8. The van der Waals surface area contributed by atoms with E-state index in [1.807, 2.05) is 135 Å². The van der Waals surface area contributed by atoms with Gasteiger partial charge in [0.15, 0.2) is 12.6 Å². The van der Waals surface area contributed by atoms with Gasteiger partial charge in [-0.3, -0.25) is 14.5 Å². The molecule has 0 spiro atoms. The quantitative estimate of drug-likeness (QED) is 0.0953. The predicted octanol–water partition coefficient (Wildman–Crippen LogP) is 8.13. The lowest BCUT2D eigenvalue weighted by atomic mass is 9.94. The molecule has 11 nitrogen and oxygen atoms in total. The van der Waals surface area contributed by atoms with Gasteiger partial charge in [0.1, 0.15) is 48.1 Å². The molecule has 2 amide bonds. The standard InChI is InChI=1S/C50H51NO10S/c1-3-62-50-40(51-46(52)37-26-16-17-27-38(37)47(51)53)43(42-39(59-50)31-57-48(60-42)36-24-14-7-15-25-36)61-49-45(56-30-35-22-12-6-13-23-35)44(55-29-34-20-10-5-11-21-34)41(32(2)58-49)54-28-33-18-8-4-9-19-33/h4-27,32,39-45,48-50H,3,28-31H2,1-2H3/t32-,39?,40+,41+,42+,43+,44+,45-,48+,49-,50-/m0/s1. The molecule has 4 aliphatic heterocycles. The smallest absolute Gasteiger partial charge is 0.262 e. The Morgan fingerprint density at radius 1 is 0.597 bits per heavy atom. The number of nitrogens with zero attached hydrogens (tertiary/aromatic N) is 1. The van der Waals surface area contributed by atoms with E-state index in [-0.39, 0.29) is 19.8 Å². The Morgan fingerprint density at radius 3 is 1.65 bits per heavy atom. The Labute approximate surface area is 366 Å². The normalized spacial score (nSPS) is 29.6. The van der Waals surface area contributed by atoms with Crippen molar-refractivity contribution < 1.29 is 47.5 Å². The molecule has 11 atom stereocenters. The minimum atomic E-state index is -1.08. The molecule has 3 saturated heterocycles. The van der Waals surface area contributed by atoms with Gasteiger partial charge < -0.3 is 37.9 Å². The molecule has 3 fully saturated rings. The first kappa shape index (κ1) is 42.6. The van der Waals surface area contributed by atoms with Gasteiger partial charge in [-0.25, -0.2) is 0 Å². The number of benzene rings is 5. The van der Waals surface area contributed by atoms with Crippen molar-refractivity contribution in [3.63, 3.8) is 0 Å². The monoisotopic (exact) mass is 857 g/mol. The van der Waals surface area contributed by atoms with Gasteiger partial charge in [-0.1, -0.05) is 140 Å². The average molecular weight is 858 g/mol. The van der Waals surface area contributed by atoms with Crippen molar-refractivity contribution in [3.05, 3.63) is 179 Å². The molecule has 0 saturated carbocycles. The molecule has 9 rings (SSSR count). The summed E-state index contributed by atoms with van der Waals surface area (Å²) in [7, 11) is 0. The molecule has 5 aromatic carbocycles. The van der Waals surface area contributed by atoms with Crippen LogP contribution in [0.1, 0.15) is 63.1 Å². The third-order valence-corrected chi connectivity index (χ3v) is 12.8. The van der Waals surface area contributed by atoms with Gasteiger partial charge in [0.05, 0.1) is 43.7 Å². The SMILES string of the molecule is CCS[C@@H]1OC2CO[C@@H](c3ccccc3)O[C@H]2[C@H](O[C@@H]2O[C@@H](C)[C@@H](OCc3ccccc3)[C@@H](OCc3ccccc3)[C@@H]2OCc2ccccc2)[C@H]1N1C(=O)c2ccccc2C1=O. The molecule has 62 heavy (non-hydrogen) atoms. The van der Waals surface area contributed by atoms with Gasteiger partial charge in [0, 0.05) is 5.56 Å². The summed E-state index contributed by atoms with van der Waals surface area (Å²) in [4.78, 5) is 30.2. The van der Waals surface area contributed by atoms with Crippen LogP contribution >= 0.6 is 11.8 Å². The number of carbonyl (C=O) groups excluding carboxylic acids is 2. The summed E-state index contributed by atoms with van der Waals surface area (Å²) in [5.74, 6) is -0.209. The Kier molecular flexibility index (Phi) is 13.6. The minimum Gasteiger partial charge on any atom is -0.368 e. The number of fused-ring (bicyclic) bond motifs is 2. The van der Waals surface area contributed by atoms with Crippen molar-refractivity contribution in [2.45, 2.75) is 100 Å². The first-order valence-electron chi connectivity index (χ1n) is 21.3. The number of carbonyl (C=O) groups is 2. The van der Waals surface area contributed by atoms with Crippen LogP contribution in [0.3, 0.4) is 0 Å². The van der Waals surface area contributed by atoms with E-state index in [1.54, 1.807) is 24.3 Å². The largest absolute Gasteiger partial charge is 0.368 e. The second-order valence-corrected chi connectivity index (χ2v) is 17.2. The van der Waals surface area contributed by atoms with Crippen molar-refractivity contribution in [1.29, 1.82) is 0 Å². The van der Waals surface area contributed by atoms with Gasteiger partial charge in [-0.05, 0) is 41.5 Å². The molecule has 5 aromatic rings. The van der Waals surface area contributed by atoms with Crippen molar-refractivity contribution in [2.24, 2.45) is 0 Å². The lowest BCUT2D eigenvalue weighted by Crippen LogP contribution is -2.69. The van der Waals surface area contributed by atoms with Crippen LogP contribution in [0.4, 0.5) is 0 Å². The highest BCUT2D eigenvalue weighted by atomic mass is 32.2. The van der Waals surface area contributed by atoms with Crippen molar-refractivity contribution in [3.8, 4) is 0 Å². The van der Waals surface area contributed by atoms with Crippen LogP contribution in [-0.2, 0) is 57.7 Å². The van der Waals surface area contributed by atoms with Gasteiger partial charge >= 0.3 is 0 Å². The van der Waals surface area contributed by atoms with E-state index in [4.69, 9.17) is 37.9 Å². The van der Waals surface area contributed by atoms with Gasteiger partial charge in [0.25, 0.3) is 11.8 Å². The number of amides is 2. The van der Waals surface area contributed by atoms with Crippen LogP contribution in [0, 0.1) is 0 Å². The van der Waals surface area contributed by atoms with Crippen LogP contribution in [-0.4, -0.2) is 89.6 Å². The summed E-state index contributed by atoms with van der Waals surface area (Å²) in [6.07, 6.45) is -6.91. The van der Waals surface area contributed by atoms with Crippen LogP contribution in [0.25, 0.3) is 0 Å². The molecule has 1 unspecified atom stereocenters. The summed E-state index contributed by atoms with van der Waals surface area (Å²) in [6, 6.07) is 45.4. The minimum absolute atomic E-state index is 0.188. The Hall–Kier alpha value is -4.73. The molecule has 4 heterocycles. The van der Waals surface area contributed by atoms with Crippen LogP contribution < -0.4 is 0 Å². The number of hydrogen-bond acceptors (Lipinski definition) is 11. The second-order valence-electron chi connectivity index (χ2n) is 15.8. The Balaban J connectivity index is 1.11. The third kappa shape index (κ3) is 9.17. The van der Waals surface area contributed by atoms with Gasteiger partial charge in [-0.15, -0.1) is 11.8 Å². The van der Waals surface area contributed by atoms with E-state index < -0.39 is 78.6 Å². The van der Waals surface area contributed by atoms with Crippen LogP contribution in [0.5, 0.6) is 0 Å². The van der Waals surface area contributed by atoms with E-state index in [1.165, 1.54) is 16.7 Å².